The molecule has 0 unspecified atom stereocenters. The van der Waals surface area contributed by atoms with E-state index < -0.39 is 0 Å². The Hall–Kier alpha value is -2.54. The van der Waals surface area contributed by atoms with Gasteiger partial charge < -0.3 is 19.3 Å². The zero-order chi connectivity index (χ0) is 17.2. The fourth-order valence-electron chi connectivity index (χ4n) is 3.08. The Morgan fingerprint density at radius 2 is 1.64 bits per heavy atom. The molecule has 0 aliphatic carbocycles. The van der Waals surface area contributed by atoms with Crippen LogP contribution in [0.3, 0.4) is 0 Å². The highest BCUT2D eigenvalue weighted by atomic mass is 32.1. The molecule has 6 nitrogen and oxygen atoms in total. The number of piperazine rings is 1. The largest absolute Gasteiger partial charge is 0.495 e. The van der Waals surface area contributed by atoms with E-state index in [0.29, 0.717) is 0 Å². The number of methoxy groups -OCH3 is 2. The second kappa shape index (κ2) is 6.76. The summed E-state index contributed by atoms with van der Waals surface area (Å²) < 4.78 is 12.0. The van der Waals surface area contributed by atoms with Crippen LogP contribution in [0, 0.1) is 0 Å². The molecule has 1 aromatic carbocycles. The lowest BCUT2D eigenvalue weighted by Gasteiger charge is -2.35. The molecule has 0 amide bonds. The Balaban J connectivity index is 1.57. The van der Waals surface area contributed by atoms with E-state index in [1.165, 1.54) is 0 Å². The van der Waals surface area contributed by atoms with Crippen molar-refractivity contribution in [3.63, 3.8) is 0 Å². The molecular formula is C18H20N4O2S. The van der Waals surface area contributed by atoms with Gasteiger partial charge in [-0.15, -0.1) is 0 Å². The normalized spacial score (nSPS) is 14.8. The minimum absolute atomic E-state index is 0.783. The average Bonchev–Trinajstić information content (AvgIpc) is 3.13. The van der Waals surface area contributed by atoms with E-state index in [-0.39, 0.29) is 0 Å². The molecular weight excluding hydrogens is 336 g/mol. The zero-order valence-electron chi connectivity index (χ0n) is 14.3. The molecule has 3 aromatic rings. The van der Waals surface area contributed by atoms with Crippen molar-refractivity contribution in [2.75, 3.05) is 50.2 Å². The van der Waals surface area contributed by atoms with Crippen LogP contribution < -0.4 is 19.3 Å². The van der Waals surface area contributed by atoms with E-state index in [0.717, 1.165) is 58.8 Å². The summed E-state index contributed by atoms with van der Waals surface area (Å²) in [6, 6.07) is 9.87. The number of nitrogens with zero attached hydrogens (tertiary/aromatic N) is 4. The van der Waals surface area contributed by atoms with Gasteiger partial charge in [-0.25, -0.2) is 9.97 Å². The number of rotatable bonds is 4. The topological polar surface area (TPSA) is 50.7 Å². The first-order valence-electron chi connectivity index (χ1n) is 8.22. The second-order valence-corrected chi connectivity index (χ2v) is 6.78. The zero-order valence-corrected chi connectivity index (χ0v) is 15.1. The number of ether oxygens (including phenoxy) is 2. The molecule has 25 heavy (non-hydrogen) atoms. The second-order valence-electron chi connectivity index (χ2n) is 5.81. The summed E-state index contributed by atoms with van der Waals surface area (Å²) in [5, 5.41) is 1.01. The summed E-state index contributed by atoms with van der Waals surface area (Å²) in [4.78, 5) is 13.9. The molecule has 0 N–H and O–H groups in total. The van der Waals surface area contributed by atoms with Crippen molar-refractivity contribution in [2.24, 2.45) is 0 Å². The standard InChI is InChI=1S/C18H20N4O2S/c1-23-13-6-7-14(24-2)17-16(13)20-18(25-17)22-11-9-21(10-12-22)15-5-3-4-8-19-15/h3-8H,9-12H2,1-2H3. The number of fused-ring (bicyclic) bond motifs is 1. The first kappa shape index (κ1) is 16.0. The molecule has 2 aromatic heterocycles. The van der Waals surface area contributed by atoms with Gasteiger partial charge in [-0.3, -0.25) is 0 Å². The van der Waals surface area contributed by atoms with Crippen LogP contribution in [0.1, 0.15) is 0 Å². The van der Waals surface area contributed by atoms with Crippen LogP contribution in [0.15, 0.2) is 36.5 Å². The van der Waals surface area contributed by atoms with Gasteiger partial charge in [-0.2, -0.15) is 0 Å². The third-order valence-corrected chi connectivity index (χ3v) is 5.55. The summed E-state index contributed by atoms with van der Waals surface area (Å²) in [6.45, 7) is 3.70. The van der Waals surface area contributed by atoms with Crippen LogP contribution in [-0.4, -0.2) is 50.4 Å². The van der Waals surface area contributed by atoms with Gasteiger partial charge in [0.25, 0.3) is 0 Å². The Kier molecular flexibility index (Phi) is 4.31. The molecule has 0 saturated carbocycles. The van der Waals surface area contributed by atoms with Gasteiger partial charge in [0, 0.05) is 32.4 Å². The summed E-state index contributed by atoms with van der Waals surface area (Å²) in [7, 11) is 3.36. The quantitative estimate of drug-likeness (QED) is 0.716. The highest BCUT2D eigenvalue weighted by molar-refractivity contribution is 7.22. The predicted octanol–water partition coefficient (Wildman–Crippen LogP) is 3.04. The lowest BCUT2D eigenvalue weighted by molar-refractivity contribution is 0.410. The number of pyridine rings is 1. The summed E-state index contributed by atoms with van der Waals surface area (Å²) in [5.74, 6) is 2.66. The Labute approximate surface area is 150 Å². The molecule has 0 bridgehead atoms. The molecule has 0 radical (unpaired) electrons. The van der Waals surface area contributed by atoms with E-state index in [1.807, 2.05) is 30.5 Å². The minimum atomic E-state index is 0.783. The molecule has 1 aliphatic heterocycles. The third-order valence-electron chi connectivity index (χ3n) is 4.42. The number of hydrogen-bond donors (Lipinski definition) is 0. The van der Waals surface area contributed by atoms with Gasteiger partial charge in [-0.1, -0.05) is 17.4 Å². The fourth-order valence-corrected chi connectivity index (χ4v) is 4.20. The molecule has 1 saturated heterocycles. The van der Waals surface area contributed by atoms with Gasteiger partial charge >= 0.3 is 0 Å². The molecule has 3 heterocycles. The van der Waals surface area contributed by atoms with Crippen molar-refractivity contribution in [2.45, 2.75) is 0 Å². The molecule has 0 atom stereocenters. The Morgan fingerprint density at radius 1 is 0.920 bits per heavy atom. The van der Waals surface area contributed by atoms with Crippen LogP contribution in [0.5, 0.6) is 11.5 Å². The molecule has 4 rings (SSSR count). The van der Waals surface area contributed by atoms with Gasteiger partial charge in [0.2, 0.25) is 0 Å². The average molecular weight is 356 g/mol. The molecule has 130 valence electrons. The van der Waals surface area contributed by atoms with Crippen molar-refractivity contribution >= 4 is 32.5 Å². The van der Waals surface area contributed by atoms with Crippen LogP contribution in [0.2, 0.25) is 0 Å². The SMILES string of the molecule is COc1ccc(OC)c2sc(N3CCN(c4ccccn4)CC3)nc12. The molecule has 1 fully saturated rings. The van der Waals surface area contributed by atoms with Crippen molar-refractivity contribution in [1.82, 2.24) is 9.97 Å². The van der Waals surface area contributed by atoms with E-state index in [4.69, 9.17) is 14.5 Å². The van der Waals surface area contributed by atoms with Crippen LogP contribution in [-0.2, 0) is 0 Å². The summed E-state index contributed by atoms with van der Waals surface area (Å²) in [6.07, 6.45) is 1.84. The van der Waals surface area contributed by atoms with E-state index in [9.17, 15) is 0 Å². The van der Waals surface area contributed by atoms with Gasteiger partial charge in [0.1, 0.15) is 27.5 Å². The van der Waals surface area contributed by atoms with Crippen molar-refractivity contribution in [1.29, 1.82) is 0 Å². The van der Waals surface area contributed by atoms with Crippen LogP contribution in [0.25, 0.3) is 10.2 Å². The maximum Gasteiger partial charge on any atom is 0.186 e. The third kappa shape index (κ3) is 2.95. The highest BCUT2D eigenvalue weighted by Crippen LogP contribution is 2.40. The minimum Gasteiger partial charge on any atom is -0.495 e. The number of aromatic nitrogens is 2. The van der Waals surface area contributed by atoms with Gasteiger partial charge in [0.15, 0.2) is 5.13 Å². The Morgan fingerprint density at radius 3 is 2.32 bits per heavy atom. The van der Waals surface area contributed by atoms with Crippen LogP contribution in [0.4, 0.5) is 10.9 Å². The van der Waals surface area contributed by atoms with Crippen LogP contribution >= 0.6 is 11.3 Å². The summed E-state index contributed by atoms with van der Waals surface area (Å²) >= 11 is 1.66. The first-order valence-corrected chi connectivity index (χ1v) is 9.04. The maximum absolute atomic E-state index is 5.48. The van der Waals surface area contributed by atoms with E-state index >= 15 is 0 Å². The van der Waals surface area contributed by atoms with Crippen molar-refractivity contribution in [3.05, 3.63) is 36.5 Å². The Bertz CT molecular complexity index is 819. The fraction of sp³-hybridized carbons (Fsp3) is 0.333. The lowest BCUT2D eigenvalue weighted by atomic mass is 10.3. The highest BCUT2D eigenvalue weighted by Gasteiger charge is 2.22. The lowest BCUT2D eigenvalue weighted by Crippen LogP contribution is -2.46. The number of hydrogen-bond acceptors (Lipinski definition) is 7. The number of anilines is 2. The molecule has 1 aliphatic rings. The molecule has 0 spiro atoms. The molecule has 7 heteroatoms. The van der Waals surface area contributed by atoms with Gasteiger partial charge in [0.05, 0.1) is 14.2 Å². The summed E-state index contributed by atoms with van der Waals surface area (Å²) in [5.41, 5.74) is 0.869. The van der Waals surface area contributed by atoms with E-state index in [1.54, 1.807) is 25.6 Å². The predicted molar refractivity (Wildman–Crippen MR) is 101 cm³/mol. The first-order chi connectivity index (χ1) is 12.3. The monoisotopic (exact) mass is 356 g/mol. The maximum atomic E-state index is 5.48. The van der Waals surface area contributed by atoms with Crippen molar-refractivity contribution < 1.29 is 9.47 Å². The van der Waals surface area contributed by atoms with E-state index in [2.05, 4.69) is 20.9 Å². The number of benzene rings is 1. The van der Waals surface area contributed by atoms with Crippen molar-refractivity contribution in [3.8, 4) is 11.5 Å². The van der Waals surface area contributed by atoms with Gasteiger partial charge in [-0.05, 0) is 24.3 Å². The smallest absolute Gasteiger partial charge is 0.186 e. The number of thiazole rings is 1.